The van der Waals surface area contributed by atoms with Crippen LogP contribution in [0.15, 0.2) is 37.1 Å². The summed E-state index contributed by atoms with van der Waals surface area (Å²) in [5.74, 6) is -0.551. The van der Waals surface area contributed by atoms with Crippen LogP contribution in [0.1, 0.15) is 10.4 Å². The predicted octanol–water partition coefficient (Wildman–Crippen LogP) is 1.31. The van der Waals surface area contributed by atoms with Crippen molar-refractivity contribution in [1.29, 1.82) is 0 Å². The molecule has 0 spiro atoms. The molecule has 0 unspecified atom stereocenters. The third-order valence-corrected chi connectivity index (χ3v) is 1.84. The first-order valence-corrected chi connectivity index (χ1v) is 4.47. The number of pyridine rings is 1. The van der Waals surface area contributed by atoms with Gasteiger partial charge in [-0.25, -0.2) is 19.7 Å². The second-order valence-corrected chi connectivity index (χ2v) is 2.99. The Hall–Kier alpha value is -2.50. The van der Waals surface area contributed by atoms with E-state index in [0.717, 1.165) is 0 Å². The summed E-state index contributed by atoms with van der Waals surface area (Å²) in [5.41, 5.74) is 0.826. The van der Waals surface area contributed by atoms with Gasteiger partial charge >= 0.3 is 5.97 Å². The highest BCUT2D eigenvalue weighted by molar-refractivity contribution is 5.88. The van der Waals surface area contributed by atoms with Crippen molar-refractivity contribution in [2.45, 2.75) is 0 Å². The molecule has 0 saturated carbocycles. The molecule has 16 heavy (non-hydrogen) atoms. The minimum Gasteiger partial charge on any atom is -0.478 e. The Bertz CT molecular complexity index is 501. The van der Waals surface area contributed by atoms with Gasteiger partial charge in [0.05, 0.1) is 23.6 Å². The number of aromatic nitrogens is 3. The van der Waals surface area contributed by atoms with Gasteiger partial charge in [0.1, 0.15) is 12.1 Å². The molecule has 0 aliphatic rings. The third-order valence-electron chi connectivity index (χ3n) is 1.84. The molecule has 0 amide bonds. The number of carboxylic acid groups (broad SMARTS) is 1. The van der Waals surface area contributed by atoms with Crippen LogP contribution in [-0.2, 0) is 0 Å². The number of carboxylic acids is 1. The van der Waals surface area contributed by atoms with Crippen LogP contribution in [0.3, 0.4) is 0 Å². The summed E-state index contributed by atoms with van der Waals surface area (Å²) >= 11 is 0. The average Bonchev–Trinajstić information content (AvgIpc) is 2.30. The highest BCUT2D eigenvalue weighted by Gasteiger charge is 2.04. The van der Waals surface area contributed by atoms with Crippen molar-refractivity contribution in [3.63, 3.8) is 0 Å². The number of anilines is 2. The van der Waals surface area contributed by atoms with Gasteiger partial charge in [0, 0.05) is 6.20 Å². The Morgan fingerprint density at radius 1 is 1.31 bits per heavy atom. The molecule has 0 radical (unpaired) electrons. The van der Waals surface area contributed by atoms with Crippen LogP contribution in [-0.4, -0.2) is 26.0 Å². The molecule has 0 aromatic carbocycles. The largest absolute Gasteiger partial charge is 0.478 e. The quantitative estimate of drug-likeness (QED) is 0.804. The van der Waals surface area contributed by atoms with E-state index in [1.807, 2.05) is 0 Å². The lowest BCUT2D eigenvalue weighted by Crippen LogP contribution is -2.00. The predicted molar refractivity (Wildman–Crippen MR) is 56.5 cm³/mol. The molecule has 0 aliphatic heterocycles. The van der Waals surface area contributed by atoms with Gasteiger partial charge in [-0.1, -0.05) is 0 Å². The molecule has 6 heteroatoms. The Kier molecular flexibility index (Phi) is 2.73. The molecule has 0 bridgehead atoms. The number of nitrogens with one attached hydrogen (secondary N) is 1. The molecule has 0 saturated heterocycles. The highest BCUT2D eigenvalue weighted by atomic mass is 16.4. The summed E-state index contributed by atoms with van der Waals surface area (Å²) in [6.45, 7) is 0. The van der Waals surface area contributed by atoms with E-state index in [0.29, 0.717) is 11.5 Å². The van der Waals surface area contributed by atoms with Crippen LogP contribution >= 0.6 is 0 Å². The topological polar surface area (TPSA) is 88.0 Å². The molecule has 2 aromatic heterocycles. The minimum absolute atomic E-state index is 0.175. The second kappa shape index (κ2) is 4.35. The molecule has 2 N–H and O–H groups in total. The molecular weight excluding hydrogens is 208 g/mol. The number of rotatable bonds is 3. The van der Waals surface area contributed by atoms with E-state index in [-0.39, 0.29) is 5.56 Å². The van der Waals surface area contributed by atoms with Crippen molar-refractivity contribution in [2.75, 3.05) is 5.32 Å². The van der Waals surface area contributed by atoms with Gasteiger partial charge in [-0.3, -0.25) is 0 Å². The molecule has 2 heterocycles. The number of hydrogen-bond donors (Lipinski definition) is 2. The standard InChI is InChI=1S/C10H8N4O2/c15-10(16)7-1-2-13-9(3-7)14-8-4-11-6-12-5-8/h1-6H,(H,13,14)(H,15,16). The molecule has 0 fully saturated rings. The van der Waals surface area contributed by atoms with Crippen LogP contribution in [0.5, 0.6) is 0 Å². The molecular formula is C10H8N4O2. The normalized spacial score (nSPS) is 9.75. The number of aromatic carboxylic acids is 1. The molecule has 0 atom stereocenters. The smallest absolute Gasteiger partial charge is 0.335 e. The van der Waals surface area contributed by atoms with E-state index in [4.69, 9.17) is 5.11 Å². The molecule has 80 valence electrons. The maximum Gasteiger partial charge on any atom is 0.335 e. The van der Waals surface area contributed by atoms with Gasteiger partial charge < -0.3 is 10.4 Å². The van der Waals surface area contributed by atoms with Crippen LogP contribution in [0, 0.1) is 0 Å². The SMILES string of the molecule is O=C(O)c1ccnc(Nc2cncnc2)c1. The first-order chi connectivity index (χ1) is 7.75. The van der Waals surface area contributed by atoms with E-state index < -0.39 is 5.97 Å². The van der Waals surface area contributed by atoms with Crippen molar-refractivity contribution in [3.05, 3.63) is 42.6 Å². The third kappa shape index (κ3) is 2.30. The zero-order valence-electron chi connectivity index (χ0n) is 8.16. The van der Waals surface area contributed by atoms with Crippen molar-refractivity contribution in [2.24, 2.45) is 0 Å². The molecule has 2 rings (SSSR count). The first-order valence-electron chi connectivity index (χ1n) is 4.47. The van der Waals surface area contributed by atoms with E-state index in [2.05, 4.69) is 20.3 Å². The maximum absolute atomic E-state index is 10.7. The van der Waals surface area contributed by atoms with Gasteiger partial charge in [0.25, 0.3) is 0 Å². The lowest BCUT2D eigenvalue weighted by atomic mass is 10.2. The summed E-state index contributed by atoms with van der Waals surface area (Å²) < 4.78 is 0. The molecule has 6 nitrogen and oxygen atoms in total. The fourth-order valence-electron chi connectivity index (χ4n) is 1.14. The summed E-state index contributed by atoms with van der Waals surface area (Å²) in [6.07, 6.45) is 5.98. The monoisotopic (exact) mass is 216 g/mol. The summed E-state index contributed by atoms with van der Waals surface area (Å²) in [7, 11) is 0. The van der Waals surface area contributed by atoms with Gasteiger partial charge in [0.15, 0.2) is 0 Å². The lowest BCUT2D eigenvalue weighted by molar-refractivity contribution is 0.0697. The Morgan fingerprint density at radius 3 is 2.75 bits per heavy atom. The fraction of sp³-hybridized carbons (Fsp3) is 0. The van der Waals surface area contributed by atoms with E-state index in [1.54, 1.807) is 12.4 Å². The number of nitrogens with zero attached hydrogens (tertiary/aromatic N) is 3. The maximum atomic E-state index is 10.7. The van der Waals surface area contributed by atoms with Crippen LogP contribution in [0.2, 0.25) is 0 Å². The first kappa shape index (κ1) is 10.0. The Labute approximate surface area is 91.0 Å². The summed E-state index contributed by atoms with van der Waals surface area (Å²) in [4.78, 5) is 22.4. The van der Waals surface area contributed by atoms with Crippen molar-refractivity contribution >= 4 is 17.5 Å². The second-order valence-electron chi connectivity index (χ2n) is 2.99. The van der Waals surface area contributed by atoms with Crippen molar-refractivity contribution in [3.8, 4) is 0 Å². The van der Waals surface area contributed by atoms with Crippen LogP contribution < -0.4 is 5.32 Å². The van der Waals surface area contributed by atoms with Gasteiger partial charge in [-0.15, -0.1) is 0 Å². The Balaban J connectivity index is 2.22. The van der Waals surface area contributed by atoms with E-state index in [9.17, 15) is 4.79 Å². The zero-order chi connectivity index (χ0) is 11.4. The van der Waals surface area contributed by atoms with Crippen LogP contribution in [0.4, 0.5) is 11.5 Å². The van der Waals surface area contributed by atoms with Crippen molar-refractivity contribution in [1.82, 2.24) is 15.0 Å². The zero-order valence-corrected chi connectivity index (χ0v) is 8.16. The lowest BCUT2D eigenvalue weighted by Gasteiger charge is -2.04. The molecule has 2 aromatic rings. The molecule has 0 aliphatic carbocycles. The average molecular weight is 216 g/mol. The number of carbonyl (C=O) groups is 1. The van der Waals surface area contributed by atoms with Gasteiger partial charge in [-0.2, -0.15) is 0 Å². The summed E-state index contributed by atoms with van der Waals surface area (Å²) in [6, 6.07) is 2.87. The van der Waals surface area contributed by atoms with Gasteiger partial charge in [0.2, 0.25) is 0 Å². The van der Waals surface area contributed by atoms with Crippen LogP contribution in [0.25, 0.3) is 0 Å². The number of hydrogen-bond acceptors (Lipinski definition) is 5. The van der Waals surface area contributed by atoms with E-state index >= 15 is 0 Å². The highest BCUT2D eigenvalue weighted by Crippen LogP contribution is 2.12. The van der Waals surface area contributed by atoms with Gasteiger partial charge in [-0.05, 0) is 12.1 Å². The minimum atomic E-state index is -0.991. The Morgan fingerprint density at radius 2 is 2.06 bits per heavy atom. The summed E-state index contributed by atoms with van der Waals surface area (Å²) in [5, 5.41) is 11.7. The van der Waals surface area contributed by atoms with E-state index in [1.165, 1.54) is 24.7 Å². The fourth-order valence-corrected chi connectivity index (χ4v) is 1.14. The van der Waals surface area contributed by atoms with Crippen molar-refractivity contribution < 1.29 is 9.90 Å².